The molecule has 0 bridgehead atoms. The van der Waals surface area contributed by atoms with Crippen molar-refractivity contribution in [1.82, 2.24) is 10.2 Å². The van der Waals surface area contributed by atoms with Gasteiger partial charge in [-0.25, -0.2) is 0 Å². The van der Waals surface area contributed by atoms with Crippen molar-refractivity contribution in [3.05, 3.63) is 0 Å². The molecule has 0 aliphatic carbocycles. The highest BCUT2D eigenvalue weighted by molar-refractivity contribution is 7.99. The van der Waals surface area contributed by atoms with Crippen LogP contribution in [-0.2, 0) is 0 Å². The summed E-state index contributed by atoms with van der Waals surface area (Å²) in [7, 11) is 0. The van der Waals surface area contributed by atoms with Crippen LogP contribution >= 0.6 is 11.8 Å². The van der Waals surface area contributed by atoms with E-state index in [2.05, 4.69) is 49.7 Å². The second-order valence-electron chi connectivity index (χ2n) is 3.76. The van der Waals surface area contributed by atoms with Crippen molar-refractivity contribution in [2.45, 2.75) is 40.2 Å². The second-order valence-corrected chi connectivity index (χ2v) is 4.91. The monoisotopic (exact) mass is 232 g/mol. The van der Waals surface area contributed by atoms with Gasteiger partial charge in [-0.2, -0.15) is 11.8 Å². The lowest BCUT2D eigenvalue weighted by Crippen LogP contribution is -2.31. The number of hydrogen-bond acceptors (Lipinski definition) is 3. The minimum absolute atomic E-state index is 0.705. The van der Waals surface area contributed by atoms with Crippen molar-refractivity contribution in [1.29, 1.82) is 0 Å². The fourth-order valence-corrected chi connectivity index (χ4v) is 2.76. The summed E-state index contributed by atoms with van der Waals surface area (Å²) >= 11 is 2.08. The lowest BCUT2D eigenvalue weighted by atomic mass is 10.2. The van der Waals surface area contributed by atoms with E-state index in [9.17, 15) is 0 Å². The van der Waals surface area contributed by atoms with Gasteiger partial charge in [0.25, 0.3) is 0 Å². The van der Waals surface area contributed by atoms with Crippen LogP contribution in [0.2, 0.25) is 0 Å². The Labute approximate surface area is 100 Å². The summed E-state index contributed by atoms with van der Waals surface area (Å²) in [6, 6.07) is 0.705. The number of nitrogens with zero attached hydrogens (tertiary/aromatic N) is 1. The third kappa shape index (κ3) is 8.12. The van der Waals surface area contributed by atoms with Crippen LogP contribution in [0.4, 0.5) is 0 Å². The molecular formula is C12H28N2S. The zero-order valence-corrected chi connectivity index (χ0v) is 11.7. The number of rotatable bonds is 10. The van der Waals surface area contributed by atoms with Gasteiger partial charge in [0.2, 0.25) is 0 Å². The molecule has 92 valence electrons. The van der Waals surface area contributed by atoms with E-state index in [1.54, 1.807) is 0 Å². The molecule has 0 radical (unpaired) electrons. The SMILES string of the molecule is CCNC(CC)CSCCN(CC)CC. The number of nitrogens with one attached hydrogen (secondary N) is 1. The first-order chi connectivity index (χ1) is 7.28. The molecule has 0 aliphatic heterocycles. The van der Waals surface area contributed by atoms with E-state index in [-0.39, 0.29) is 0 Å². The van der Waals surface area contributed by atoms with Gasteiger partial charge in [0.15, 0.2) is 0 Å². The van der Waals surface area contributed by atoms with Crippen molar-refractivity contribution in [2.24, 2.45) is 0 Å². The molecule has 0 spiro atoms. The lowest BCUT2D eigenvalue weighted by Gasteiger charge is -2.19. The predicted octanol–water partition coefficient (Wildman–Crippen LogP) is 2.45. The average Bonchev–Trinajstić information content (AvgIpc) is 2.28. The van der Waals surface area contributed by atoms with Gasteiger partial charge in [-0.15, -0.1) is 0 Å². The third-order valence-electron chi connectivity index (χ3n) is 2.75. The van der Waals surface area contributed by atoms with Gasteiger partial charge in [-0.3, -0.25) is 0 Å². The smallest absolute Gasteiger partial charge is 0.0155 e. The normalized spacial score (nSPS) is 13.4. The van der Waals surface area contributed by atoms with Crippen molar-refractivity contribution >= 4 is 11.8 Å². The van der Waals surface area contributed by atoms with E-state index in [4.69, 9.17) is 0 Å². The number of hydrogen-bond donors (Lipinski definition) is 1. The van der Waals surface area contributed by atoms with E-state index in [1.807, 2.05) is 0 Å². The van der Waals surface area contributed by atoms with Crippen LogP contribution in [0, 0.1) is 0 Å². The van der Waals surface area contributed by atoms with Gasteiger partial charge in [0, 0.05) is 24.1 Å². The summed E-state index contributed by atoms with van der Waals surface area (Å²) in [6.45, 7) is 13.6. The van der Waals surface area contributed by atoms with Crippen molar-refractivity contribution in [2.75, 3.05) is 37.7 Å². The molecule has 15 heavy (non-hydrogen) atoms. The van der Waals surface area contributed by atoms with Gasteiger partial charge in [-0.1, -0.05) is 27.7 Å². The van der Waals surface area contributed by atoms with E-state index in [0.29, 0.717) is 6.04 Å². The first kappa shape index (κ1) is 15.3. The Morgan fingerprint density at radius 2 is 1.80 bits per heavy atom. The van der Waals surface area contributed by atoms with E-state index >= 15 is 0 Å². The highest BCUT2D eigenvalue weighted by Crippen LogP contribution is 2.06. The first-order valence-corrected chi connectivity index (χ1v) is 7.47. The molecule has 0 fully saturated rings. The van der Waals surface area contributed by atoms with E-state index in [1.165, 1.54) is 37.6 Å². The van der Waals surface area contributed by atoms with Crippen LogP contribution in [0.15, 0.2) is 0 Å². The molecule has 2 nitrogen and oxygen atoms in total. The summed E-state index contributed by atoms with van der Waals surface area (Å²) in [6.07, 6.45) is 1.24. The van der Waals surface area contributed by atoms with Crippen LogP contribution in [0.25, 0.3) is 0 Å². The van der Waals surface area contributed by atoms with Crippen molar-refractivity contribution < 1.29 is 0 Å². The first-order valence-electron chi connectivity index (χ1n) is 6.31. The molecule has 0 amide bonds. The summed E-state index contributed by atoms with van der Waals surface area (Å²) in [5.41, 5.74) is 0. The van der Waals surface area contributed by atoms with Crippen LogP contribution < -0.4 is 5.32 Å². The minimum atomic E-state index is 0.705. The van der Waals surface area contributed by atoms with Gasteiger partial charge in [0.05, 0.1) is 0 Å². The maximum atomic E-state index is 3.51. The molecular weight excluding hydrogens is 204 g/mol. The molecule has 0 heterocycles. The minimum Gasteiger partial charge on any atom is -0.313 e. The molecule has 3 heteroatoms. The number of thioether (sulfide) groups is 1. The topological polar surface area (TPSA) is 15.3 Å². The highest BCUT2D eigenvalue weighted by Gasteiger charge is 2.04. The van der Waals surface area contributed by atoms with Gasteiger partial charge < -0.3 is 10.2 Å². The molecule has 0 saturated carbocycles. The van der Waals surface area contributed by atoms with Crippen LogP contribution in [0.1, 0.15) is 34.1 Å². The Bertz CT molecular complexity index is 127. The van der Waals surface area contributed by atoms with E-state index < -0.39 is 0 Å². The Morgan fingerprint density at radius 1 is 1.13 bits per heavy atom. The molecule has 1 unspecified atom stereocenters. The van der Waals surface area contributed by atoms with E-state index in [0.717, 1.165) is 6.54 Å². The highest BCUT2D eigenvalue weighted by atomic mass is 32.2. The molecule has 0 aliphatic rings. The largest absolute Gasteiger partial charge is 0.313 e. The molecule has 0 aromatic rings. The van der Waals surface area contributed by atoms with Crippen molar-refractivity contribution in [3.63, 3.8) is 0 Å². The summed E-state index contributed by atoms with van der Waals surface area (Å²) < 4.78 is 0. The lowest BCUT2D eigenvalue weighted by molar-refractivity contribution is 0.324. The van der Waals surface area contributed by atoms with Crippen LogP contribution in [0.3, 0.4) is 0 Å². The third-order valence-corrected chi connectivity index (χ3v) is 3.86. The van der Waals surface area contributed by atoms with Gasteiger partial charge in [-0.05, 0) is 26.1 Å². The molecule has 0 aromatic heterocycles. The summed E-state index contributed by atoms with van der Waals surface area (Å²) in [4.78, 5) is 2.49. The summed E-state index contributed by atoms with van der Waals surface area (Å²) in [5, 5.41) is 3.51. The molecule has 1 N–H and O–H groups in total. The van der Waals surface area contributed by atoms with Gasteiger partial charge in [0.1, 0.15) is 0 Å². The van der Waals surface area contributed by atoms with Crippen LogP contribution in [0.5, 0.6) is 0 Å². The summed E-state index contributed by atoms with van der Waals surface area (Å²) in [5.74, 6) is 2.52. The average molecular weight is 232 g/mol. The Hall–Kier alpha value is 0.270. The maximum Gasteiger partial charge on any atom is 0.0155 e. The quantitative estimate of drug-likeness (QED) is 0.583. The fraction of sp³-hybridized carbons (Fsp3) is 1.00. The maximum absolute atomic E-state index is 3.51. The zero-order valence-electron chi connectivity index (χ0n) is 10.9. The van der Waals surface area contributed by atoms with Crippen LogP contribution in [-0.4, -0.2) is 48.6 Å². The predicted molar refractivity (Wildman–Crippen MR) is 72.9 cm³/mol. The fourth-order valence-electron chi connectivity index (χ4n) is 1.57. The van der Waals surface area contributed by atoms with Crippen molar-refractivity contribution in [3.8, 4) is 0 Å². The molecule has 0 aromatic carbocycles. The zero-order chi connectivity index (χ0) is 11.5. The molecule has 1 atom stereocenters. The Kier molecular flexibility index (Phi) is 11.0. The Balaban J connectivity index is 3.42. The second kappa shape index (κ2) is 10.8. The standard InChI is InChI=1S/C12H28N2S/c1-5-12(13-6-2)11-15-10-9-14(7-3)8-4/h12-13H,5-11H2,1-4H3. The Morgan fingerprint density at radius 3 is 2.27 bits per heavy atom. The molecule has 0 saturated heterocycles. The molecule has 0 rings (SSSR count). The van der Waals surface area contributed by atoms with Gasteiger partial charge >= 0.3 is 0 Å².